The summed E-state index contributed by atoms with van der Waals surface area (Å²) in [6.45, 7) is 2.52. The van der Waals surface area contributed by atoms with Crippen LogP contribution in [0.2, 0.25) is 5.02 Å². The van der Waals surface area contributed by atoms with Crippen LogP contribution in [0.5, 0.6) is 23.0 Å². The quantitative estimate of drug-likeness (QED) is 0.451. The van der Waals surface area contributed by atoms with Crippen LogP contribution in [-0.2, 0) is 0 Å². The van der Waals surface area contributed by atoms with Crippen molar-refractivity contribution in [2.45, 2.75) is 6.92 Å². The van der Waals surface area contributed by atoms with Gasteiger partial charge < -0.3 is 14.2 Å². The maximum atomic E-state index is 6.08. The summed E-state index contributed by atoms with van der Waals surface area (Å²) in [5, 5.41) is 0.639. The average molecular weight is 382 g/mol. The van der Waals surface area contributed by atoms with Crippen LogP contribution < -0.4 is 14.2 Å². The average Bonchev–Trinajstić information content (AvgIpc) is 2.70. The molecule has 5 heteroatoms. The number of rotatable bonds is 7. The van der Waals surface area contributed by atoms with Crippen molar-refractivity contribution in [2.75, 3.05) is 13.7 Å². The van der Waals surface area contributed by atoms with Crippen LogP contribution in [0.1, 0.15) is 12.5 Å². The number of ether oxygens (including phenoxy) is 3. The zero-order valence-corrected chi connectivity index (χ0v) is 15.9. The summed E-state index contributed by atoms with van der Waals surface area (Å²) < 4.78 is 16.8. The first-order valence-corrected chi connectivity index (χ1v) is 8.94. The molecule has 0 aromatic heterocycles. The largest absolute Gasteiger partial charge is 0.493 e. The highest BCUT2D eigenvalue weighted by Crippen LogP contribution is 2.31. The van der Waals surface area contributed by atoms with Crippen molar-refractivity contribution in [3.05, 3.63) is 77.3 Å². The van der Waals surface area contributed by atoms with E-state index in [0.29, 0.717) is 28.9 Å². The molecule has 0 aliphatic carbocycles. The Bertz CT molecular complexity index is 923. The van der Waals surface area contributed by atoms with Gasteiger partial charge in [0, 0.05) is 16.8 Å². The Hall–Kier alpha value is -2.98. The molecule has 3 aromatic carbocycles. The molecule has 0 unspecified atom stereocenters. The van der Waals surface area contributed by atoms with Gasteiger partial charge in [0.1, 0.15) is 11.5 Å². The van der Waals surface area contributed by atoms with Gasteiger partial charge >= 0.3 is 0 Å². The SMILES string of the molecule is CCOc1ccc(Cl)cc1C=Nc1ccc(Oc2ccccc2OC)cc1. The van der Waals surface area contributed by atoms with E-state index in [0.717, 1.165) is 17.0 Å². The van der Waals surface area contributed by atoms with Crippen LogP contribution in [0.15, 0.2) is 71.7 Å². The number of halogens is 1. The minimum Gasteiger partial charge on any atom is -0.493 e. The Balaban J connectivity index is 1.74. The summed E-state index contributed by atoms with van der Waals surface area (Å²) in [5.74, 6) is 2.80. The smallest absolute Gasteiger partial charge is 0.169 e. The van der Waals surface area contributed by atoms with Gasteiger partial charge in [-0.3, -0.25) is 4.99 Å². The van der Waals surface area contributed by atoms with Crippen LogP contribution in [0.25, 0.3) is 0 Å². The molecule has 138 valence electrons. The fourth-order valence-electron chi connectivity index (χ4n) is 2.48. The molecule has 0 amide bonds. The van der Waals surface area contributed by atoms with E-state index in [1.54, 1.807) is 19.4 Å². The van der Waals surface area contributed by atoms with Crippen LogP contribution in [-0.4, -0.2) is 19.9 Å². The van der Waals surface area contributed by atoms with Gasteiger partial charge in [0.2, 0.25) is 0 Å². The highest BCUT2D eigenvalue weighted by Gasteiger charge is 2.05. The second-order valence-electron chi connectivity index (χ2n) is 5.62. The molecule has 0 bridgehead atoms. The lowest BCUT2D eigenvalue weighted by atomic mass is 10.2. The summed E-state index contributed by atoms with van der Waals surface area (Å²) in [6.07, 6.45) is 1.74. The molecule has 0 saturated carbocycles. The normalized spacial score (nSPS) is 10.8. The lowest BCUT2D eigenvalue weighted by Gasteiger charge is -2.10. The standard InChI is InChI=1S/C22H20ClNO3/c1-3-26-20-13-8-17(23)14-16(20)15-24-18-9-11-19(12-10-18)27-22-7-5-4-6-21(22)25-2/h4-15H,3H2,1-2H3. The monoisotopic (exact) mass is 381 g/mol. The van der Waals surface area contributed by atoms with E-state index in [-0.39, 0.29) is 0 Å². The predicted molar refractivity (Wildman–Crippen MR) is 109 cm³/mol. The summed E-state index contributed by atoms with van der Waals surface area (Å²) in [7, 11) is 1.62. The van der Waals surface area contributed by atoms with Crippen molar-refractivity contribution in [2.24, 2.45) is 4.99 Å². The number of nitrogens with zero attached hydrogens (tertiary/aromatic N) is 1. The van der Waals surface area contributed by atoms with Gasteiger partial charge in [0.25, 0.3) is 0 Å². The topological polar surface area (TPSA) is 40.0 Å². The number of hydrogen-bond donors (Lipinski definition) is 0. The molecule has 0 N–H and O–H groups in total. The molecule has 0 fully saturated rings. The van der Waals surface area contributed by atoms with Crippen LogP contribution >= 0.6 is 11.6 Å². The molecule has 3 aromatic rings. The molecule has 0 aliphatic heterocycles. The summed E-state index contributed by atoms with van der Waals surface area (Å²) in [6, 6.07) is 20.5. The highest BCUT2D eigenvalue weighted by molar-refractivity contribution is 6.30. The van der Waals surface area contributed by atoms with E-state index in [1.165, 1.54) is 0 Å². The Kier molecular flexibility index (Phi) is 6.34. The van der Waals surface area contributed by atoms with Crippen LogP contribution in [0.4, 0.5) is 5.69 Å². The van der Waals surface area contributed by atoms with Gasteiger partial charge in [0.15, 0.2) is 11.5 Å². The molecule has 0 atom stereocenters. The zero-order valence-electron chi connectivity index (χ0n) is 15.2. The van der Waals surface area contributed by atoms with Crippen LogP contribution in [0.3, 0.4) is 0 Å². The molecule has 0 aliphatic rings. The van der Waals surface area contributed by atoms with E-state index < -0.39 is 0 Å². The van der Waals surface area contributed by atoms with Crippen molar-refractivity contribution in [3.8, 4) is 23.0 Å². The summed E-state index contributed by atoms with van der Waals surface area (Å²) in [5.41, 5.74) is 1.63. The maximum Gasteiger partial charge on any atom is 0.169 e. The van der Waals surface area contributed by atoms with E-state index in [1.807, 2.05) is 67.6 Å². The van der Waals surface area contributed by atoms with Crippen molar-refractivity contribution < 1.29 is 14.2 Å². The van der Waals surface area contributed by atoms with Crippen molar-refractivity contribution in [1.82, 2.24) is 0 Å². The Morgan fingerprint density at radius 3 is 2.37 bits per heavy atom. The summed E-state index contributed by atoms with van der Waals surface area (Å²) >= 11 is 6.08. The first-order valence-electron chi connectivity index (χ1n) is 8.57. The third kappa shape index (κ3) is 5.02. The number of aliphatic imine (C=N–C) groups is 1. The number of hydrogen-bond acceptors (Lipinski definition) is 4. The highest BCUT2D eigenvalue weighted by atomic mass is 35.5. The fraction of sp³-hybridized carbons (Fsp3) is 0.136. The second kappa shape index (κ2) is 9.10. The van der Waals surface area contributed by atoms with Gasteiger partial charge in [0.05, 0.1) is 19.4 Å². The Morgan fingerprint density at radius 1 is 0.926 bits per heavy atom. The number of methoxy groups -OCH3 is 1. The molecule has 4 nitrogen and oxygen atoms in total. The van der Waals surface area contributed by atoms with Crippen molar-refractivity contribution >= 4 is 23.5 Å². The third-order valence-corrected chi connectivity index (χ3v) is 3.99. The molecule has 3 rings (SSSR count). The first-order chi connectivity index (χ1) is 13.2. The van der Waals surface area contributed by atoms with E-state index >= 15 is 0 Å². The molecule has 0 saturated heterocycles. The van der Waals surface area contributed by atoms with E-state index in [4.69, 9.17) is 25.8 Å². The minimum atomic E-state index is 0.581. The van der Waals surface area contributed by atoms with E-state index in [2.05, 4.69) is 4.99 Å². The maximum absolute atomic E-state index is 6.08. The van der Waals surface area contributed by atoms with Crippen molar-refractivity contribution in [3.63, 3.8) is 0 Å². The fourth-order valence-corrected chi connectivity index (χ4v) is 2.66. The predicted octanol–water partition coefficient (Wildman–Crippen LogP) is 6.29. The van der Waals surface area contributed by atoms with Gasteiger partial charge in [-0.25, -0.2) is 0 Å². The Labute approximate surface area is 164 Å². The lowest BCUT2D eigenvalue weighted by Crippen LogP contribution is -1.95. The molecular formula is C22H20ClNO3. The molecule has 27 heavy (non-hydrogen) atoms. The molecular weight excluding hydrogens is 362 g/mol. The molecule has 0 heterocycles. The summed E-state index contributed by atoms with van der Waals surface area (Å²) in [4.78, 5) is 4.50. The number of benzene rings is 3. The third-order valence-electron chi connectivity index (χ3n) is 3.76. The Morgan fingerprint density at radius 2 is 1.67 bits per heavy atom. The lowest BCUT2D eigenvalue weighted by molar-refractivity contribution is 0.340. The molecule has 0 spiro atoms. The first kappa shape index (κ1) is 18.8. The van der Waals surface area contributed by atoms with E-state index in [9.17, 15) is 0 Å². The number of para-hydroxylation sites is 2. The van der Waals surface area contributed by atoms with Gasteiger partial charge in [-0.1, -0.05) is 23.7 Å². The molecule has 0 radical (unpaired) electrons. The zero-order chi connectivity index (χ0) is 19.1. The van der Waals surface area contributed by atoms with Crippen molar-refractivity contribution in [1.29, 1.82) is 0 Å². The van der Waals surface area contributed by atoms with Crippen LogP contribution in [0, 0.1) is 0 Å². The van der Waals surface area contributed by atoms with Gasteiger partial charge in [-0.2, -0.15) is 0 Å². The minimum absolute atomic E-state index is 0.581. The van der Waals surface area contributed by atoms with Gasteiger partial charge in [-0.15, -0.1) is 0 Å². The second-order valence-corrected chi connectivity index (χ2v) is 6.06. The van der Waals surface area contributed by atoms with Gasteiger partial charge in [-0.05, 0) is 61.5 Å².